The van der Waals surface area contributed by atoms with Crippen LogP contribution in [0.25, 0.3) is 0 Å². The average molecular weight is 444 g/mol. The molecular weight excluding hydrogens is 420 g/mol. The molecule has 10 heteroatoms. The SMILES string of the molecule is CCOC(C(=O)NCc1ccc(C(=N)N)cc1)c1c(F)ccc(OCCO)c1F.Cl. The van der Waals surface area contributed by atoms with Crippen molar-refractivity contribution < 1.29 is 28.2 Å². The minimum atomic E-state index is -1.52. The first-order valence-electron chi connectivity index (χ1n) is 8.93. The fourth-order valence-corrected chi connectivity index (χ4v) is 2.60. The van der Waals surface area contributed by atoms with E-state index in [4.69, 9.17) is 25.7 Å². The van der Waals surface area contributed by atoms with Crippen LogP contribution in [0.4, 0.5) is 8.78 Å². The molecule has 30 heavy (non-hydrogen) atoms. The van der Waals surface area contributed by atoms with Gasteiger partial charge in [-0.3, -0.25) is 10.2 Å². The van der Waals surface area contributed by atoms with E-state index in [1.54, 1.807) is 31.2 Å². The second-order valence-corrected chi connectivity index (χ2v) is 6.01. The van der Waals surface area contributed by atoms with Gasteiger partial charge in [-0.05, 0) is 24.6 Å². The highest BCUT2D eigenvalue weighted by molar-refractivity contribution is 5.94. The van der Waals surface area contributed by atoms with Crippen LogP contribution in [-0.2, 0) is 16.1 Å². The predicted octanol–water partition coefficient (Wildman–Crippen LogP) is 2.44. The highest BCUT2D eigenvalue weighted by atomic mass is 35.5. The molecule has 2 aromatic rings. The third kappa shape index (κ3) is 6.38. The summed E-state index contributed by atoms with van der Waals surface area (Å²) < 4.78 is 39.4. The fraction of sp³-hybridized carbons (Fsp3) is 0.300. The van der Waals surface area contributed by atoms with Crippen molar-refractivity contribution in [3.63, 3.8) is 0 Å². The van der Waals surface area contributed by atoms with Gasteiger partial charge in [-0.15, -0.1) is 12.4 Å². The standard InChI is InChI=1S/C20H23F2N3O4.ClH/c1-2-28-18(16-14(21)7-8-15(17(16)22)29-10-9-26)20(27)25-11-12-3-5-13(6-4-12)19(23)24;/h3-8,18,26H,2,9-11H2,1H3,(H3,23,24)(H,25,27);1H. The maximum absolute atomic E-state index is 14.7. The highest BCUT2D eigenvalue weighted by Gasteiger charge is 2.29. The monoisotopic (exact) mass is 443 g/mol. The van der Waals surface area contributed by atoms with Crippen molar-refractivity contribution in [1.29, 1.82) is 5.41 Å². The van der Waals surface area contributed by atoms with E-state index in [9.17, 15) is 13.6 Å². The summed E-state index contributed by atoms with van der Waals surface area (Å²) in [6.07, 6.45) is -1.52. The number of amidine groups is 1. The predicted molar refractivity (Wildman–Crippen MR) is 110 cm³/mol. The Morgan fingerprint density at radius 2 is 1.90 bits per heavy atom. The molecule has 0 aliphatic rings. The lowest BCUT2D eigenvalue weighted by Gasteiger charge is -2.20. The minimum absolute atomic E-state index is 0. The van der Waals surface area contributed by atoms with E-state index in [1.165, 1.54) is 0 Å². The van der Waals surface area contributed by atoms with Gasteiger partial charge >= 0.3 is 0 Å². The summed E-state index contributed by atoms with van der Waals surface area (Å²) in [7, 11) is 0. The maximum atomic E-state index is 14.7. The summed E-state index contributed by atoms with van der Waals surface area (Å²) in [6.45, 7) is 1.22. The van der Waals surface area contributed by atoms with E-state index in [0.29, 0.717) is 11.1 Å². The number of carbonyl (C=O) groups excluding carboxylic acids is 1. The lowest BCUT2D eigenvalue weighted by atomic mass is 10.1. The molecule has 7 nitrogen and oxygen atoms in total. The van der Waals surface area contributed by atoms with Crippen molar-refractivity contribution in [1.82, 2.24) is 5.32 Å². The Kier molecular flexibility index (Phi) is 10.2. The zero-order chi connectivity index (χ0) is 21.4. The second-order valence-electron chi connectivity index (χ2n) is 6.01. The zero-order valence-corrected chi connectivity index (χ0v) is 17.1. The number of ether oxygens (including phenoxy) is 2. The van der Waals surface area contributed by atoms with E-state index in [2.05, 4.69) is 5.32 Å². The Morgan fingerprint density at radius 3 is 2.47 bits per heavy atom. The summed E-state index contributed by atoms with van der Waals surface area (Å²) in [5.74, 6) is -3.09. The topological polar surface area (TPSA) is 118 Å². The average Bonchev–Trinajstić information content (AvgIpc) is 2.71. The number of carbonyl (C=O) groups is 1. The Labute approximate surface area is 179 Å². The molecular formula is C20H24ClF2N3O4. The van der Waals surface area contributed by atoms with Gasteiger partial charge in [-0.2, -0.15) is 0 Å². The van der Waals surface area contributed by atoms with Gasteiger partial charge in [0.1, 0.15) is 18.3 Å². The number of nitrogens with two attached hydrogens (primary N) is 1. The smallest absolute Gasteiger partial charge is 0.254 e. The molecule has 1 atom stereocenters. The molecule has 0 bridgehead atoms. The van der Waals surface area contributed by atoms with Gasteiger partial charge < -0.3 is 25.6 Å². The molecule has 0 fully saturated rings. The molecule has 0 saturated carbocycles. The van der Waals surface area contributed by atoms with Crippen LogP contribution in [0.15, 0.2) is 36.4 Å². The molecule has 0 saturated heterocycles. The van der Waals surface area contributed by atoms with Crippen molar-refractivity contribution in [3.8, 4) is 5.75 Å². The van der Waals surface area contributed by atoms with Gasteiger partial charge in [0.05, 0.1) is 12.2 Å². The normalized spacial score (nSPS) is 11.3. The van der Waals surface area contributed by atoms with Crippen molar-refractivity contribution >= 4 is 24.1 Å². The molecule has 0 aliphatic heterocycles. The van der Waals surface area contributed by atoms with Crippen LogP contribution in [-0.4, -0.2) is 36.7 Å². The zero-order valence-electron chi connectivity index (χ0n) is 16.3. The molecule has 1 unspecified atom stereocenters. The molecule has 2 aromatic carbocycles. The number of benzene rings is 2. The largest absolute Gasteiger partial charge is 0.488 e. The molecule has 0 radical (unpaired) electrons. The third-order valence-electron chi connectivity index (χ3n) is 4.01. The molecule has 5 N–H and O–H groups in total. The van der Waals surface area contributed by atoms with E-state index in [0.717, 1.165) is 12.1 Å². The molecule has 0 heterocycles. The van der Waals surface area contributed by atoms with E-state index in [1.807, 2.05) is 0 Å². The number of amides is 1. The maximum Gasteiger partial charge on any atom is 0.254 e. The number of aliphatic hydroxyl groups excluding tert-OH is 1. The van der Waals surface area contributed by atoms with Gasteiger partial charge in [0.25, 0.3) is 5.91 Å². The Bertz CT molecular complexity index is 866. The molecule has 164 valence electrons. The first kappa shape index (κ1) is 25.3. The van der Waals surface area contributed by atoms with Crippen LogP contribution >= 0.6 is 12.4 Å². The second kappa shape index (κ2) is 12.1. The number of hydrogen-bond acceptors (Lipinski definition) is 5. The number of halogens is 3. The highest BCUT2D eigenvalue weighted by Crippen LogP contribution is 2.30. The number of aliphatic hydroxyl groups is 1. The Morgan fingerprint density at radius 1 is 1.23 bits per heavy atom. The molecule has 0 spiro atoms. The van der Waals surface area contributed by atoms with Crippen molar-refractivity contribution in [2.45, 2.75) is 19.6 Å². The molecule has 2 rings (SSSR count). The van der Waals surface area contributed by atoms with Crippen molar-refractivity contribution in [2.75, 3.05) is 19.8 Å². The first-order chi connectivity index (χ1) is 13.9. The van der Waals surface area contributed by atoms with E-state index in [-0.39, 0.29) is 50.4 Å². The summed E-state index contributed by atoms with van der Waals surface area (Å²) in [5.41, 5.74) is 6.08. The number of nitrogens with one attached hydrogen (secondary N) is 2. The van der Waals surface area contributed by atoms with Gasteiger partial charge in [0.2, 0.25) is 0 Å². The first-order valence-corrected chi connectivity index (χ1v) is 8.93. The van der Waals surface area contributed by atoms with Crippen LogP contribution in [0.1, 0.15) is 29.7 Å². The minimum Gasteiger partial charge on any atom is -0.488 e. The summed E-state index contributed by atoms with van der Waals surface area (Å²) in [5, 5.41) is 18.8. The summed E-state index contributed by atoms with van der Waals surface area (Å²) >= 11 is 0. The van der Waals surface area contributed by atoms with Gasteiger partial charge in [0, 0.05) is 18.7 Å². The van der Waals surface area contributed by atoms with Crippen LogP contribution in [0.3, 0.4) is 0 Å². The fourth-order valence-electron chi connectivity index (χ4n) is 2.60. The lowest BCUT2D eigenvalue weighted by molar-refractivity contribution is -0.133. The number of hydrogen-bond donors (Lipinski definition) is 4. The number of rotatable bonds is 10. The molecule has 0 aromatic heterocycles. The van der Waals surface area contributed by atoms with Crippen molar-refractivity contribution in [2.24, 2.45) is 5.73 Å². The summed E-state index contributed by atoms with van der Waals surface area (Å²) in [6, 6.07) is 8.68. The quantitative estimate of drug-likeness (QED) is 0.332. The van der Waals surface area contributed by atoms with Crippen molar-refractivity contribution in [3.05, 3.63) is 64.7 Å². The van der Waals surface area contributed by atoms with E-state index >= 15 is 0 Å². The molecule has 1 amide bonds. The van der Waals surface area contributed by atoms with Crippen LogP contribution < -0.4 is 15.8 Å². The summed E-state index contributed by atoms with van der Waals surface area (Å²) in [4.78, 5) is 12.6. The van der Waals surface area contributed by atoms with Gasteiger partial charge in [-0.1, -0.05) is 24.3 Å². The van der Waals surface area contributed by atoms with Gasteiger partial charge in [-0.25, -0.2) is 8.78 Å². The molecule has 0 aliphatic carbocycles. The van der Waals surface area contributed by atoms with Crippen LogP contribution in [0.5, 0.6) is 5.75 Å². The van der Waals surface area contributed by atoms with Gasteiger partial charge in [0.15, 0.2) is 17.7 Å². The Hall–Kier alpha value is -2.75. The van der Waals surface area contributed by atoms with Crippen LogP contribution in [0.2, 0.25) is 0 Å². The Balaban J connectivity index is 0.00000450. The number of nitrogen functional groups attached to an aromatic ring is 1. The van der Waals surface area contributed by atoms with E-state index < -0.39 is 29.2 Å². The van der Waals surface area contributed by atoms with Crippen LogP contribution in [0, 0.1) is 17.0 Å². The third-order valence-corrected chi connectivity index (χ3v) is 4.01. The lowest BCUT2D eigenvalue weighted by Crippen LogP contribution is -2.32.